The second kappa shape index (κ2) is 6.79. The van der Waals surface area contributed by atoms with Gasteiger partial charge in [0.05, 0.1) is 29.5 Å². The van der Waals surface area contributed by atoms with Gasteiger partial charge in [0.15, 0.2) is 0 Å². The van der Waals surface area contributed by atoms with Crippen molar-refractivity contribution in [3.8, 4) is 5.75 Å². The Morgan fingerprint density at radius 3 is 2.96 bits per heavy atom. The molecule has 1 heterocycles. The fraction of sp³-hybridized carbons (Fsp3) is 0.125. The number of aryl methyl sites for hydroxylation is 1. The maximum Gasteiger partial charge on any atom is 0.329 e. The number of ether oxygens (including phenoxy) is 1. The highest BCUT2D eigenvalue weighted by Gasteiger charge is 2.11. The zero-order chi connectivity index (χ0) is 17.1. The molecule has 1 aromatic heterocycles. The van der Waals surface area contributed by atoms with Crippen molar-refractivity contribution in [1.82, 2.24) is 14.3 Å². The average Bonchev–Trinajstić information content (AvgIpc) is 2.95. The van der Waals surface area contributed by atoms with Crippen LogP contribution in [0.2, 0.25) is 0 Å². The van der Waals surface area contributed by atoms with Gasteiger partial charge in [-0.1, -0.05) is 6.07 Å². The number of benzene rings is 2. The van der Waals surface area contributed by atoms with Crippen LogP contribution < -0.4 is 14.8 Å². The summed E-state index contributed by atoms with van der Waals surface area (Å²) >= 11 is 1.14. The quantitative estimate of drug-likeness (QED) is 0.709. The standard InChI is InChI=1S/C16H15FN4O2S/c1-21-9-18-15-12(21)4-3-5-14(15)24-20-16(22)19-11-8-10(17)6-7-13(11)23-2/h3-9H,1-2H3,(H2,19,20,22). The van der Waals surface area contributed by atoms with Crippen molar-refractivity contribution in [2.24, 2.45) is 7.05 Å². The number of carbonyl (C=O) groups is 1. The molecular weight excluding hydrogens is 331 g/mol. The SMILES string of the molecule is COc1ccc(F)cc1NC(=O)NSc1cccc2c1ncn2C. The highest BCUT2D eigenvalue weighted by atomic mass is 32.2. The molecule has 2 aromatic carbocycles. The molecule has 0 atom stereocenters. The van der Waals surface area contributed by atoms with E-state index in [4.69, 9.17) is 4.74 Å². The van der Waals surface area contributed by atoms with Gasteiger partial charge in [0, 0.05) is 13.1 Å². The van der Waals surface area contributed by atoms with E-state index >= 15 is 0 Å². The lowest BCUT2D eigenvalue weighted by molar-refractivity contribution is 0.257. The van der Waals surface area contributed by atoms with Crippen molar-refractivity contribution in [3.05, 3.63) is 48.5 Å². The number of imidazole rings is 1. The summed E-state index contributed by atoms with van der Waals surface area (Å²) in [4.78, 5) is 17.2. The fourth-order valence-corrected chi connectivity index (χ4v) is 2.90. The molecule has 3 aromatic rings. The van der Waals surface area contributed by atoms with Crippen LogP contribution in [0.4, 0.5) is 14.9 Å². The van der Waals surface area contributed by atoms with Gasteiger partial charge in [-0.2, -0.15) is 0 Å². The summed E-state index contributed by atoms with van der Waals surface area (Å²) in [6.07, 6.45) is 1.71. The topological polar surface area (TPSA) is 68.2 Å². The van der Waals surface area contributed by atoms with Gasteiger partial charge < -0.3 is 14.6 Å². The van der Waals surface area contributed by atoms with Crippen molar-refractivity contribution < 1.29 is 13.9 Å². The smallest absolute Gasteiger partial charge is 0.329 e. The molecule has 24 heavy (non-hydrogen) atoms. The molecule has 124 valence electrons. The second-order valence-corrected chi connectivity index (χ2v) is 5.83. The van der Waals surface area contributed by atoms with Crippen molar-refractivity contribution in [1.29, 1.82) is 0 Å². The van der Waals surface area contributed by atoms with E-state index in [1.165, 1.54) is 25.3 Å². The van der Waals surface area contributed by atoms with Crippen molar-refractivity contribution in [2.45, 2.75) is 4.90 Å². The average molecular weight is 346 g/mol. The number of carbonyl (C=O) groups excluding carboxylic acids is 1. The number of nitrogens with zero attached hydrogens (tertiary/aromatic N) is 2. The van der Waals surface area contributed by atoms with E-state index in [0.717, 1.165) is 27.9 Å². The van der Waals surface area contributed by atoms with E-state index in [0.29, 0.717) is 5.75 Å². The first-order valence-electron chi connectivity index (χ1n) is 7.06. The maximum atomic E-state index is 13.3. The van der Waals surface area contributed by atoms with Crippen LogP contribution in [0.1, 0.15) is 0 Å². The monoisotopic (exact) mass is 346 g/mol. The lowest BCUT2D eigenvalue weighted by atomic mass is 10.3. The summed E-state index contributed by atoms with van der Waals surface area (Å²) in [6.45, 7) is 0. The minimum absolute atomic E-state index is 0.256. The predicted molar refractivity (Wildman–Crippen MR) is 91.7 cm³/mol. The molecule has 3 rings (SSSR count). The first-order valence-corrected chi connectivity index (χ1v) is 7.87. The molecule has 0 aliphatic heterocycles. The molecule has 8 heteroatoms. The number of methoxy groups -OCH3 is 1. The number of fused-ring (bicyclic) bond motifs is 1. The van der Waals surface area contributed by atoms with Gasteiger partial charge in [-0.15, -0.1) is 0 Å². The Balaban J connectivity index is 1.70. The number of para-hydroxylation sites is 1. The molecule has 0 spiro atoms. The van der Waals surface area contributed by atoms with Crippen molar-refractivity contribution in [2.75, 3.05) is 12.4 Å². The zero-order valence-corrected chi connectivity index (χ0v) is 13.9. The number of hydrogen-bond acceptors (Lipinski definition) is 4. The molecule has 0 aliphatic rings. The van der Waals surface area contributed by atoms with Crippen LogP contribution in [0.5, 0.6) is 5.75 Å². The molecule has 0 unspecified atom stereocenters. The number of rotatable bonds is 4. The van der Waals surface area contributed by atoms with Gasteiger partial charge >= 0.3 is 6.03 Å². The highest BCUT2D eigenvalue weighted by molar-refractivity contribution is 7.98. The van der Waals surface area contributed by atoms with Crippen molar-refractivity contribution >= 4 is 34.7 Å². The summed E-state index contributed by atoms with van der Waals surface area (Å²) in [7, 11) is 3.35. The second-order valence-electron chi connectivity index (χ2n) is 4.98. The fourth-order valence-electron chi connectivity index (χ4n) is 2.24. The van der Waals surface area contributed by atoms with Gasteiger partial charge in [0.2, 0.25) is 0 Å². The number of urea groups is 1. The van der Waals surface area contributed by atoms with Gasteiger partial charge in [-0.05, 0) is 36.2 Å². The lowest BCUT2D eigenvalue weighted by Crippen LogP contribution is -2.23. The van der Waals surface area contributed by atoms with E-state index in [2.05, 4.69) is 15.0 Å². The minimum Gasteiger partial charge on any atom is -0.495 e. The van der Waals surface area contributed by atoms with Gasteiger partial charge in [-0.3, -0.25) is 4.72 Å². The molecule has 0 aliphatic carbocycles. The molecule has 0 radical (unpaired) electrons. The molecule has 0 bridgehead atoms. The maximum absolute atomic E-state index is 13.3. The molecular formula is C16H15FN4O2S. The molecule has 0 saturated heterocycles. The largest absolute Gasteiger partial charge is 0.495 e. The Hall–Kier alpha value is -2.74. The summed E-state index contributed by atoms with van der Waals surface area (Å²) in [5, 5.41) is 2.56. The van der Waals surface area contributed by atoms with Crippen LogP contribution in [-0.4, -0.2) is 22.7 Å². The number of nitrogens with one attached hydrogen (secondary N) is 2. The van der Waals surface area contributed by atoms with Gasteiger partial charge in [0.1, 0.15) is 17.1 Å². The first-order chi connectivity index (χ1) is 11.6. The molecule has 0 fully saturated rings. The Labute approximate surface area is 142 Å². The van der Waals surface area contributed by atoms with Gasteiger partial charge in [-0.25, -0.2) is 14.2 Å². The Morgan fingerprint density at radius 1 is 1.33 bits per heavy atom. The van der Waals surface area contributed by atoms with E-state index in [1.807, 2.05) is 29.8 Å². The number of amides is 2. The number of anilines is 1. The van der Waals surface area contributed by atoms with Crippen LogP contribution in [-0.2, 0) is 7.05 Å². The van der Waals surface area contributed by atoms with E-state index < -0.39 is 11.8 Å². The van der Waals surface area contributed by atoms with E-state index in [9.17, 15) is 9.18 Å². The van der Waals surface area contributed by atoms with Crippen LogP contribution in [0, 0.1) is 5.82 Å². The minimum atomic E-state index is -0.489. The first kappa shape index (κ1) is 16.1. The predicted octanol–water partition coefficient (Wildman–Crippen LogP) is 3.55. The van der Waals surface area contributed by atoms with Crippen LogP contribution in [0.15, 0.2) is 47.6 Å². The van der Waals surface area contributed by atoms with Crippen LogP contribution >= 0.6 is 11.9 Å². The summed E-state index contributed by atoms with van der Waals surface area (Å²) in [6, 6.07) is 9.12. The number of aromatic nitrogens is 2. The Morgan fingerprint density at radius 2 is 2.17 bits per heavy atom. The molecule has 0 saturated carbocycles. The summed E-state index contributed by atoms with van der Waals surface area (Å²) in [5.41, 5.74) is 2.02. The van der Waals surface area contributed by atoms with Gasteiger partial charge in [0.25, 0.3) is 0 Å². The third-order valence-corrected chi connectivity index (χ3v) is 4.22. The summed E-state index contributed by atoms with van der Waals surface area (Å²) < 4.78 is 23.0. The third kappa shape index (κ3) is 3.28. The molecule has 2 N–H and O–H groups in total. The van der Waals surface area contributed by atoms with Crippen LogP contribution in [0.25, 0.3) is 11.0 Å². The van der Waals surface area contributed by atoms with Crippen molar-refractivity contribution in [3.63, 3.8) is 0 Å². The lowest BCUT2D eigenvalue weighted by Gasteiger charge is -2.11. The molecule has 6 nitrogen and oxygen atoms in total. The highest BCUT2D eigenvalue weighted by Crippen LogP contribution is 2.26. The third-order valence-electron chi connectivity index (χ3n) is 3.38. The van der Waals surface area contributed by atoms with E-state index in [1.54, 1.807) is 6.33 Å². The Kier molecular flexibility index (Phi) is 4.57. The Bertz CT molecular complexity index is 897. The van der Waals surface area contributed by atoms with Crippen LogP contribution in [0.3, 0.4) is 0 Å². The van der Waals surface area contributed by atoms with E-state index in [-0.39, 0.29) is 5.69 Å². The molecule has 2 amide bonds. The number of hydrogen-bond donors (Lipinski definition) is 2. The summed E-state index contributed by atoms with van der Waals surface area (Å²) in [5.74, 6) is -0.0830. The normalized spacial score (nSPS) is 10.6. The number of halogens is 1. The zero-order valence-electron chi connectivity index (χ0n) is 13.0.